The number of amides is 1. The molecule has 5 heteroatoms. The van der Waals surface area contributed by atoms with Gasteiger partial charge in [-0.1, -0.05) is 80.9 Å². The Labute approximate surface area is 188 Å². The van der Waals surface area contributed by atoms with Crippen LogP contribution in [0, 0.1) is 19.8 Å². The van der Waals surface area contributed by atoms with Gasteiger partial charge in [0.05, 0.1) is 13.7 Å². The molecule has 0 saturated heterocycles. The third-order valence-electron chi connectivity index (χ3n) is 2.43. The van der Waals surface area contributed by atoms with Crippen LogP contribution in [-0.2, 0) is 16.0 Å². The van der Waals surface area contributed by atoms with Gasteiger partial charge in [0.25, 0.3) is 0 Å². The molecule has 0 aliphatic carbocycles. The average Bonchev–Trinajstić information content (AvgIpc) is 2.83. The van der Waals surface area contributed by atoms with E-state index in [2.05, 4.69) is 74.1 Å². The molecule has 0 heterocycles. The van der Waals surface area contributed by atoms with Crippen molar-refractivity contribution in [3.63, 3.8) is 0 Å². The molecule has 5 nitrogen and oxygen atoms in total. The van der Waals surface area contributed by atoms with Crippen LogP contribution < -0.4 is 10.6 Å². The molecule has 1 rings (SSSR count). The molecule has 0 bridgehead atoms. The molecular formula is C25H50N2O3. The summed E-state index contributed by atoms with van der Waals surface area (Å²) in [6, 6.07) is 6.51. The number of ether oxygens (including phenoxy) is 1. The molecule has 0 radical (unpaired) electrons. The van der Waals surface area contributed by atoms with Crippen LogP contribution in [-0.4, -0.2) is 33.1 Å². The van der Waals surface area contributed by atoms with Crippen LogP contribution in [0.25, 0.3) is 0 Å². The average molecular weight is 427 g/mol. The van der Waals surface area contributed by atoms with Crippen molar-refractivity contribution in [3.8, 4) is 12.8 Å². The summed E-state index contributed by atoms with van der Waals surface area (Å²) in [7, 11) is 3.20. The fraction of sp³-hybridized carbons (Fsp3) is 0.600. The summed E-state index contributed by atoms with van der Waals surface area (Å²) >= 11 is 0. The summed E-state index contributed by atoms with van der Waals surface area (Å²) < 4.78 is 4.14. The van der Waals surface area contributed by atoms with Crippen LogP contribution in [0.5, 0.6) is 0 Å². The van der Waals surface area contributed by atoms with E-state index in [0.717, 1.165) is 6.42 Å². The largest absolute Gasteiger partial charge is 0.453 e. The number of carbonyl (C=O) groups excluding carboxylic acids is 2. The fourth-order valence-electron chi connectivity index (χ4n) is 1.43. The van der Waals surface area contributed by atoms with Crippen molar-refractivity contribution >= 4 is 18.1 Å². The van der Waals surface area contributed by atoms with Crippen molar-refractivity contribution in [1.82, 2.24) is 5.32 Å². The molecule has 1 aromatic rings. The van der Waals surface area contributed by atoms with Crippen molar-refractivity contribution in [2.24, 2.45) is 0 Å². The minimum absolute atomic E-state index is 0.00662. The van der Waals surface area contributed by atoms with Gasteiger partial charge in [-0.25, -0.2) is 4.79 Å². The van der Waals surface area contributed by atoms with Gasteiger partial charge >= 0.3 is 6.09 Å². The summed E-state index contributed by atoms with van der Waals surface area (Å²) in [6.45, 7) is 20.5. The number of benzene rings is 1. The van der Waals surface area contributed by atoms with E-state index in [1.807, 2.05) is 48.6 Å². The highest BCUT2D eigenvalue weighted by molar-refractivity contribution is 5.70. The van der Waals surface area contributed by atoms with Gasteiger partial charge in [-0.3, -0.25) is 0 Å². The maximum atomic E-state index is 10.1. The van der Waals surface area contributed by atoms with E-state index in [9.17, 15) is 9.59 Å². The zero-order valence-corrected chi connectivity index (χ0v) is 21.8. The van der Waals surface area contributed by atoms with Crippen LogP contribution >= 0.6 is 0 Å². The number of aryl methyl sites for hydroxylation is 2. The van der Waals surface area contributed by atoms with Gasteiger partial charge in [0.2, 0.25) is 0 Å². The second kappa shape index (κ2) is 45.3. The standard InChI is InChI=1S/C10H15N.C4H7NO3.C3H8.3C2H6.C2H2/c1-4-9-6-5-8(2)7-10(9)11-3;1-8-4(7)5-2-3-6;1-3-2;4*1-2/h5-7,11H,4H2,1-3H3;3H,2H2,1H3,(H,5,7);3H2,1-2H3;3*1-2H3;1-2H. The van der Waals surface area contributed by atoms with Gasteiger partial charge < -0.3 is 20.2 Å². The molecule has 0 aliphatic rings. The lowest BCUT2D eigenvalue weighted by atomic mass is 10.1. The predicted molar refractivity (Wildman–Crippen MR) is 136 cm³/mol. The summed E-state index contributed by atoms with van der Waals surface area (Å²) in [4.78, 5) is 19.6. The maximum Gasteiger partial charge on any atom is 0.407 e. The van der Waals surface area contributed by atoms with Crippen LogP contribution in [0.3, 0.4) is 0 Å². The van der Waals surface area contributed by atoms with Crippen molar-refractivity contribution in [2.75, 3.05) is 26.0 Å². The quantitative estimate of drug-likeness (QED) is 0.406. The van der Waals surface area contributed by atoms with Gasteiger partial charge in [-0.15, -0.1) is 12.8 Å². The topological polar surface area (TPSA) is 67.4 Å². The van der Waals surface area contributed by atoms with E-state index < -0.39 is 6.09 Å². The minimum atomic E-state index is -0.586. The number of carbonyl (C=O) groups is 2. The van der Waals surface area contributed by atoms with E-state index >= 15 is 0 Å². The van der Waals surface area contributed by atoms with E-state index in [-0.39, 0.29) is 6.54 Å². The Morgan fingerprint density at radius 3 is 1.77 bits per heavy atom. The fourth-order valence-corrected chi connectivity index (χ4v) is 1.43. The third-order valence-corrected chi connectivity index (χ3v) is 2.43. The molecule has 1 aromatic carbocycles. The Balaban J connectivity index is -0.0000000668. The van der Waals surface area contributed by atoms with E-state index in [1.54, 1.807) is 0 Å². The van der Waals surface area contributed by atoms with Gasteiger partial charge in [0, 0.05) is 12.7 Å². The van der Waals surface area contributed by atoms with Gasteiger partial charge in [0.1, 0.15) is 6.29 Å². The number of terminal acetylenes is 1. The molecule has 30 heavy (non-hydrogen) atoms. The second-order valence-electron chi connectivity index (χ2n) is 4.51. The monoisotopic (exact) mass is 426 g/mol. The zero-order valence-electron chi connectivity index (χ0n) is 21.8. The second-order valence-corrected chi connectivity index (χ2v) is 4.51. The van der Waals surface area contributed by atoms with Crippen LogP contribution in [0.1, 0.15) is 79.9 Å². The number of aldehydes is 1. The molecule has 0 atom stereocenters. The molecule has 0 saturated carbocycles. The molecule has 0 aliphatic heterocycles. The highest BCUT2D eigenvalue weighted by Crippen LogP contribution is 2.16. The van der Waals surface area contributed by atoms with E-state index in [4.69, 9.17) is 0 Å². The normalized spacial score (nSPS) is 6.87. The van der Waals surface area contributed by atoms with Gasteiger partial charge in [0.15, 0.2) is 0 Å². The number of alkyl carbamates (subject to hydrolysis) is 1. The molecule has 1 amide bonds. The summed E-state index contributed by atoms with van der Waals surface area (Å²) in [5, 5.41) is 5.34. The SMILES string of the molecule is C#C.CC.CC.CC.CCC.CCc1ccc(C)cc1NC.COC(=O)NCC=O. The Morgan fingerprint density at radius 1 is 1.03 bits per heavy atom. The number of anilines is 1. The summed E-state index contributed by atoms with van der Waals surface area (Å²) in [5.41, 5.74) is 3.96. The molecule has 0 spiro atoms. The van der Waals surface area contributed by atoms with Crippen molar-refractivity contribution in [1.29, 1.82) is 0 Å². The minimum Gasteiger partial charge on any atom is -0.453 e. The van der Waals surface area contributed by atoms with Crippen molar-refractivity contribution in [2.45, 2.75) is 82.1 Å². The Kier molecular flexibility index (Phi) is 63.1. The highest BCUT2D eigenvalue weighted by atomic mass is 16.5. The van der Waals surface area contributed by atoms with Crippen LogP contribution in [0.15, 0.2) is 18.2 Å². The Bertz CT molecular complexity index is 459. The highest BCUT2D eigenvalue weighted by Gasteiger charge is 1.96. The Hall–Kier alpha value is -2.48. The van der Waals surface area contributed by atoms with Gasteiger partial charge in [-0.2, -0.15) is 0 Å². The molecule has 0 aromatic heterocycles. The van der Waals surface area contributed by atoms with Crippen molar-refractivity contribution in [3.05, 3.63) is 29.3 Å². The lowest BCUT2D eigenvalue weighted by molar-refractivity contribution is -0.107. The first-order chi connectivity index (χ1) is 14.5. The van der Waals surface area contributed by atoms with Crippen LogP contribution in [0.2, 0.25) is 0 Å². The van der Waals surface area contributed by atoms with Crippen molar-refractivity contribution < 1.29 is 14.3 Å². The van der Waals surface area contributed by atoms with Gasteiger partial charge in [-0.05, 0) is 30.5 Å². The predicted octanol–water partition coefficient (Wildman–Crippen LogP) is 6.88. The molecular weight excluding hydrogens is 376 g/mol. The number of nitrogens with one attached hydrogen (secondary N) is 2. The first-order valence-corrected chi connectivity index (χ1v) is 10.9. The molecule has 2 N–H and O–H groups in total. The van der Waals surface area contributed by atoms with Crippen LogP contribution in [0.4, 0.5) is 10.5 Å². The number of hydrogen-bond donors (Lipinski definition) is 2. The number of hydrogen-bond acceptors (Lipinski definition) is 4. The zero-order chi connectivity index (χ0) is 25.4. The lowest BCUT2D eigenvalue weighted by Gasteiger charge is -2.07. The smallest absolute Gasteiger partial charge is 0.407 e. The molecule has 178 valence electrons. The van der Waals surface area contributed by atoms with E-state index in [1.165, 1.54) is 30.3 Å². The first kappa shape index (κ1) is 41.8. The third kappa shape index (κ3) is 36.4. The first-order valence-electron chi connectivity index (χ1n) is 10.9. The molecule has 0 unspecified atom stereocenters. The lowest BCUT2D eigenvalue weighted by Crippen LogP contribution is -2.24. The summed E-state index contributed by atoms with van der Waals surface area (Å²) in [5.74, 6) is 0. The summed E-state index contributed by atoms with van der Waals surface area (Å²) in [6.07, 6.45) is 10.3. The molecule has 0 fully saturated rings. The maximum absolute atomic E-state index is 10.1. The Morgan fingerprint density at radius 2 is 1.47 bits per heavy atom. The number of methoxy groups -OCH3 is 1. The number of rotatable bonds is 4. The van der Waals surface area contributed by atoms with E-state index in [0.29, 0.717) is 6.29 Å².